The fraction of sp³-hybridized carbons (Fsp3) is 0.238. The Morgan fingerprint density at radius 2 is 1.84 bits per heavy atom. The molecule has 0 amide bonds. The summed E-state index contributed by atoms with van der Waals surface area (Å²) in [5.41, 5.74) is 5.64. The van der Waals surface area contributed by atoms with Gasteiger partial charge in [0, 0.05) is 0 Å². The molecule has 4 nitrogen and oxygen atoms in total. The lowest BCUT2D eigenvalue weighted by molar-refractivity contribution is 0.242. The average Bonchev–Trinajstić information content (AvgIpc) is 2.96. The van der Waals surface area contributed by atoms with E-state index in [-0.39, 0.29) is 6.10 Å². The van der Waals surface area contributed by atoms with Gasteiger partial charge in [-0.2, -0.15) is 5.26 Å². The molecule has 1 aromatic heterocycles. The number of nitrogens with zero attached hydrogens (tertiary/aromatic N) is 2. The van der Waals surface area contributed by atoms with E-state index < -0.39 is 0 Å². The van der Waals surface area contributed by atoms with Crippen molar-refractivity contribution in [2.75, 3.05) is 0 Å². The Balaban J connectivity index is 1.94. The minimum atomic E-state index is 0.138. The number of benzene rings is 2. The second-order valence-electron chi connectivity index (χ2n) is 6.44. The molecule has 0 spiro atoms. The number of rotatable bonds is 4. The van der Waals surface area contributed by atoms with Gasteiger partial charge >= 0.3 is 0 Å². The van der Waals surface area contributed by atoms with Crippen LogP contribution >= 0.6 is 0 Å². The largest absolute Gasteiger partial charge is 0.491 e. The van der Waals surface area contributed by atoms with Crippen molar-refractivity contribution in [3.8, 4) is 11.8 Å². The van der Waals surface area contributed by atoms with E-state index in [4.69, 9.17) is 4.74 Å². The predicted molar refractivity (Wildman–Crippen MR) is 101 cm³/mol. The first-order valence-electron chi connectivity index (χ1n) is 8.32. The van der Waals surface area contributed by atoms with Gasteiger partial charge in [-0.15, -0.1) is 0 Å². The van der Waals surface area contributed by atoms with E-state index in [9.17, 15) is 5.26 Å². The summed E-state index contributed by atoms with van der Waals surface area (Å²) >= 11 is 0. The summed E-state index contributed by atoms with van der Waals surface area (Å²) in [6.07, 6.45) is 1.97. The Bertz CT molecular complexity index is 934. The van der Waals surface area contributed by atoms with Crippen LogP contribution in [0.15, 0.2) is 36.4 Å². The van der Waals surface area contributed by atoms with Gasteiger partial charge in [0.05, 0.1) is 22.7 Å². The lowest BCUT2D eigenvalue weighted by Crippen LogP contribution is -2.05. The fourth-order valence-corrected chi connectivity index (χ4v) is 2.63. The van der Waals surface area contributed by atoms with Gasteiger partial charge in [-0.25, -0.2) is 4.98 Å². The second kappa shape index (κ2) is 6.82. The molecule has 0 fully saturated rings. The number of aromatic nitrogens is 2. The van der Waals surface area contributed by atoms with Gasteiger partial charge in [-0.05, 0) is 74.7 Å². The van der Waals surface area contributed by atoms with Crippen molar-refractivity contribution < 1.29 is 4.74 Å². The molecule has 0 aliphatic heterocycles. The van der Waals surface area contributed by atoms with Crippen LogP contribution in [0.25, 0.3) is 22.7 Å². The van der Waals surface area contributed by atoms with Crippen LogP contribution in [0.1, 0.15) is 36.4 Å². The molecular weight excluding hydrogens is 310 g/mol. The number of hydrogen-bond donors (Lipinski definition) is 1. The van der Waals surface area contributed by atoms with Crippen molar-refractivity contribution in [2.45, 2.75) is 33.8 Å². The second-order valence-corrected chi connectivity index (χ2v) is 6.44. The van der Waals surface area contributed by atoms with Crippen LogP contribution < -0.4 is 4.74 Å². The van der Waals surface area contributed by atoms with E-state index in [0.717, 1.165) is 22.3 Å². The normalized spacial score (nSPS) is 11.8. The maximum atomic E-state index is 9.55. The number of aromatic amines is 1. The molecule has 0 atom stereocenters. The Morgan fingerprint density at radius 3 is 2.48 bits per heavy atom. The molecule has 0 bridgehead atoms. The Kier molecular flexibility index (Phi) is 4.58. The third-order valence-corrected chi connectivity index (χ3v) is 4.04. The van der Waals surface area contributed by atoms with Gasteiger partial charge in [-0.3, -0.25) is 0 Å². The van der Waals surface area contributed by atoms with Crippen molar-refractivity contribution in [2.24, 2.45) is 0 Å². The first-order chi connectivity index (χ1) is 12.0. The van der Waals surface area contributed by atoms with Crippen LogP contribution in [0.3, 0.4) is 0 Å². The predicted octanol–water partition coefficient (Wildman–Crippen LogP) is 5.03. The van der Waals surface area contributed by atoms with Crippen LogP contribution in [-0.4, -0.2) is 16.1 Å². The zero-order chi connectivity index (χ0) is 18.0. The topological polar surface area (TPSA) is 61.7 Å². The highest BCUT2D eigenvalue weighted by atomic mass is 16.5. The third kappa shape index (κ3) is 3.72. The number of imidazole rings is 1. The molecule has 0 saturated heterocycles. The zero-order valence-electron chi connectivity index (χ0n) is 14.9. The Hall–Kier alpha value is -3.06. The van der Waals surface area contributed by atoms with Gasteiger partial charge in [0.1, 0.15) is 17.6 Å². The number of nitrogens with one attached hydrogen (secondary N) is 1. The van der Waals surface area contributed by atoms with Gasteiger partial charge in [0.15, 0.2) is 0 Å². The molecular formula is C21H21N3O. The number of H-pyrrole nitrogens is 1. The maximum Gasteiger partial charge on any atom is 0.149 e. The maximum absolute atomic E-state index is 9.55. The quantitative estimate of drug-likeness (QED) is 0.682. The molecule has 1 heterocycles. The average molecular weight is 331 g/mol. The highest BCUT2D eigenvalue weighted by Crippen LogP contribution is 2.23. The number of nitriles is 1. The van der Waals surface area contributed by atoms with Gasteiger partial charge in [0.25, 0.3) is 0 Å². The summed E-state index contributed by atoms with van der Waals surface area (Å²) in [4.78, 5) is 7.81. The van der Waals surface area contributed by atoms with E-state index in [1.165, 1.54) is 11.1 Å². The van der Waals surface area contributed by atoms with Crippen molar-refractivity contribution >= 4 is 22.7 Å². The Morgan fingerprint density at radius 1 is 1.16 bits per heavy atom. The van der Waals surface area contributed by atoms with Crippen molar-refractivity contribution in [1.29, 1.82) is 5.26 Å². The van der Waals surface area contributed by atoms with E-state index in [1.54, 1.807) is 0 Å². The summed E-state index contributed by atoms with van der Waals surface area (Å²) in [6, 6.07) is 14.0. The van der Waals surface area contributed by atoms with Crippen LogP contribution in [0.2, 0.25) is 0 Å². The smallest absolute Gasteiger partial charge is 0.149 e. The Labute approximate surface area is 147 Å². The molecule has 25 heavy (non-hydrogen) atoms. The lowest BCUT2D eigenvalue weighted by Gasteiger charge is -2.09. The number of fused-ring (bicyclic) bond motifs is 1. The molecule has 0 aliphatic rings. The minimum absolute atomic E-state index is 0.138. The monoisotopic (exact) mass is 331 g/mol. The standard InChI is InChI=1S/C21H21N3O/c1-13(2)25-18-7-5-16(6-8-18)11-17(12-22)21-23-19-9-14(3)15(4)10-20(19)24-21/h5-11,13H,1-4H3,(H,23,24)/b17-11-. The third-order valence-electron chi connectivity index (χ3n) is 4.04. The van der Waals surface area contributed by atoms with Crippen molar-refractivity contribution in [3.63, 3.8) is 0 Å². The van der Waals surface area contributed by atoms with Crippen LogP contribution in [0, 0.1) is 25.2 Å². The molecule has 0 aliphatic carbocycles. The molecule has 3 aromatic rings. The summed E-state index contributed by atoms with van der Waals surface area (Å²) in [5.74, 6) is 1.41. The van der Waals surface area contributed by atoms with Crippen LogP contribution in [0.4, 0.5) is 0 Å². The first-order valence-corrected chi connectivity index (χ1v) is 8.32. The van der Waals surface area contributed by atoms with Crippen LogP contribution in [0.5, 0.6) is 5.75 Å². The number of hydrogen-bond acceptors (Lipinski definition) is 3. The fourth-order valence-electron chi connectivity index (χ4n) is 2.63. The first kappa shape index (κ1) is 16.8. The van der Waals surface area contributed by atoms with E-state index in [0.29, 0.717) is 11.4 Å². The number of allylic oxidation sites excluding steroid dienone is 1. The SMILES string of the molecule is Cc1cc2nc(/C(C#N)=C\c3ccc(OC(C)C)cc3)[nH]c2cc1C. The van der Waals surface area contributed by atoms with E-state index >= 15 is 0 Å². The van der Waals surface area contributed by atoms with E-state index in [2.05, 4.69) is 36.0 Å². The van der Waals surface area contributed by atoms with Gasteiger partial charge < -0.3 is 9.72 Å². The summed E-state index contributed by atoms with van der Waals surface area (Å²) in [7, 11) is 0. The molecule has 1 N–H and O–H groups in total. The van der Waals surface area contributed by atoms with E-state index in [1.807, 2.05) is 50.3 Å². The summed E-state index contributed by atoms with van der Waals surface area (Å²) in [5, 5.41) is 9.55. The number of ether oxygens (including phenoxy) is 1. The highest BCUT2D eigenvalue weighted by molar-refractivity contribution is 5.90. The molecule has 0 saturated carbocycles. The van der Waals surface area contributed by atoms with Crippen LogP contribution in [-0.2, 0) is 0 Å². The van der Waals surface area contributed by atoms with Crippen molar-refractivity contribution in [3.05, 3.63) is 58.9 Å². The summed E-state index contributed by atoms with van der Waals surface area (Å²) in [6.45, 7) is 8.11. The van der Waals surface area contributed by atoms with Crippen molar-refractivity contribution in [1.82, 2.24) is 9.97 Å². The molecule has 4 heteroatoms. The molecule has 126 valence electrons. The molecule has 2 aromatic carbocycles. The van der Waals surface area contributed by atoms with Gasteiger partial charge in [-0.1, -0.05) is 12.1 Å². The number of aryl methyl sites for hydroxylation is 2. The molecule has 3 rings (SSSR count). The lowest BCUT2D eigenvalue weighted by atomic mass is 10.1. The minimum Gasteiger partial charge on any atom is -0.491 e. The zero-order valence-corrected chi connectivity index (χ0v) is 14.9. The molecule has 0 unspecified atom stereocenters. The molecule has 0 radical (unpaired) electrons. The highest BCUT2D eigenvalue weighted by Gasteiger charge is 2.09. The summed E-state index contributed by atoms with van der Waals surface area (Å²) < 4.78 is 5.64. The van der Waals surface area contributed by atoms with Gasteiger partial charge in [0.2, 0.25) is 0 Å².